The minimum atomic E-state index is -1.03. The number of nitrogens with zero attached hydrogens (tertiary/aromatic N) is 2. The predicted octanol–water partition coefficient (Wildman–Crippen LogP) is 1.99. The van der Waals surface area contributed by atoms with Crippen molar-refractivity contribution in [2.45, 2.75) is 65.5 Å². The molecular formula is C22H32N2O6. The highest BCUT2D eigenvalue weighted by Gasteiger charge is 2.36. The van der Waals surface area contributed by atoms with Gasteiger partial charge in [-0.25, -0.2) is 9.59 Å². The average molecular weight is 421 g/mol. The molecule has 2 heterocycles. The summed E-state index contributed by atoms with van der Waals surface area (Å²) < 4.78 is 5.12. The summed E-state index contributed by atoms with van der Waals surface area (Å²) in [5, 5.41) is 9.42. The Kier molecular flexibility index (Phi) is 8.24. The van der Waals surface area contributed by atoms with E-state index in [1.807, 2.05) is 13.8 Å². The predicted molar refractivity (Wildman–Crippen MR) is 109 cm³/mol. The van der Waals surface area contributed by atoms with Crippen molar-refractivity contribution >= 4 is 23.8 Å². The van der Waals surface area contributed by atoms with E-state index in [1.165, 1.54) is 9.80 Å². The fraction of sp³-hybridized carbons (Fsp3) is 0.682. The van der Waals surface area contributed by atoms with Crippen LogP contribution >= 0.6 is 0 Å². The number of ether oxygens (including phenoxy) is 1. The Hall–Kier alpha value is -2.60. The molecule has 2 fully saturated rings. The first-order chi connectivity index (χ1) is 14.1. The maximum atomic E-state index is 12.9. The largest absolute Gasteiger partial charge is 0.480 e. The van der Waals surface area contributed by atoms with Crippen molar-refractivity contribution in [3.8, 4) is 0 Å². The van der Waals surface area contributed by atoms with E-state index in [2.05, 4.69) is 5.73 Å². The van der Waals surface area contributed by atoms with Gasteiger partial charge in [0.2, 0.25) is 0 Å². The van der Waals surface area contributed by atoms with E-state index in [-0.39, 0.29) is 24.0 Å². The summed E-state index contributed by atoms with van der Waals surface area (Å²) in [7, 11) is 0. The molecule has 0 aromatic heterocycles. The monoisotopic (exact) mass is 420 g/mol. The second-order valence-electron chi connectivity index (χ2n) is 8.32. The molecular weight excluding hydrogens is 388 g/mol. The van der Waals surface area contributed by atoms with E-state index < -0.39 is 29.9 Å². The highest BCUT2D eigenvalue weighted by molar-refractivity contribution is 5.97. The van der Waals surface area contributed by atoms with Gasteiger partial charge in [-0.3, -0.25) is 9.59 Å². The van der Waals surface area contributed by atoms with E-state index in [9.17, 15) is 24.3 Å². The quantitative estimate of drug-likeness (QED) is 0.414. The van der Waals surface area contributed by atoms with Gasteiger partial charge in [0.15, 0.2) is 0 Å². The van der Waals surface area contributed by atoms with Crippen LogP contribution in [0.3, 0.4) is 0 Å². The lowest BCUT2D eigenvalue weighted by Gasteiger charge is -2.36. The molecule has 0 aliphatic carbocycles. The van der Waals surface area contributed by atoms with Crippen LogP contribution in [0.25, 0.3) is 0 Å². The maximum absolute atomic E-state index is 12.9. The number of carboxylic acid groups (broad SMARTS) is 1. The lowest BCUT2D eigenvalue weighted by molar-refractivity contribution is -0.156. The molecule has 30 heavy (non-hydrogen) atoms. The van der Waals surface area contributed by atoms with Crippen LogP contribution in [-0.2, 0) is 23.9 Å². The molecule has 0 spiro atoms. The summed E-state index contributed by atoms with van der Waals surface area (Å²) in [4.78, 5) is 52.1. The molecule has 0 aromatic carbocycles. The molecule has 2 amide bonds. The topological polar surface area (TPSA) is 104 Å². The molecule has 0 radical (unpaired) electrons. The fourth-order valence-corrected chi connectivity index (χ4v) is 4.02. The first-order valence-corrected chi connectivity index (χ1v) is 10.6. The molecule has 2 rings (SSSR count). The van der Waals surface area contributed by atoms with Crippen LogP contribution in [0.4, 0.5) is 0 Å². The minimum Gasteiger partial charge on any atom is -0.480 e. The first kappa shape index (κ1) is 23.7. The number of carbonyl (C=O) groups is 4. The van der Waals surface area contributed by atoms with Gasteiger partial charge in [-0.15, -0.1) is 5.73 Å². The number of esters is 1. The number of aliphatic carboxylic acids is 1. The van der Waals surface area contributed by atoms with Crippen molar-refractivity contribution in [2.75, 3.05) is 19.7 Å². The Balaban J connectivity index is 2.16. The molecule has 4 unspecified atom stereocenters. The Bertz CT molecular complexity index is 755. The number of carbonyl (C=O) groups excluding carboxylic acids is 3. The van der Waals surface area contributed by atoms with Crippen LogP contribution in [-0.4, -0.2) is 70.4 Å². The number of hydrogen-bond acceptors (Lipinski definition) is 5. The van der Waals surface area contributed by atoms with Gasteiger partial charge in [0.25, 0.3) is 11.8 Å². The van der Waals surface area contributed by atoms with E-state index in [0.717, 1.165) is 18.9 Å². The zero-order valence-corrected chi connectivity index (χ0v) is 18.2. The van der Waals surface area contributed by atoms with Gasteiger partial charge >= 0.3 is 11.9 Å². The molecule has 1 N–H and O–H groups in total. The Labute approximate surface area is 177 Å². The van der Waals surface area contributed by atoms with Crippen molar-refractivity contribution in [3.05, 3.63) is 17.4 Å². The smallest absolute Gasteiger partial charge is 0.328 e. The van der Waals surface area contributed by atoms with E-state index in [1.54, 1.807) is 13.8 Å². The summed E-state index contributed by atoms with van der Waals surface area (Å²) in [6.07, 6.45) is 3.59. The standard InChI is InChI=1S/C22H32N2O6/c1-5-30-22(29)18-13-15(3)9-11-24(18)20(26)16(4)6-7-19(25)23-10-8-14(2)12-17(23)21(27)28/h7,14-15,17-18H,5,8-13H2,1-4H3,(H,27,28). The third-order valence-corrected chi connectivity index (χ3v) is 5.85. The number of carboxylic acids is 1. The van der Waals surface area contributed by atoms with Gasteiger partial charge in [0.05, 0.1) is 12.2 Å². The molecule has 0 saturated carbocycles. The molecule has 0 aromatic rings. The molecule has 2 aliphatic heterocycles. The number of rotatable bonds is 5. The van der Waals surface area contributed by atoms with Gasteiger partial charge in [-0.05, 0) is 51.4 Å². The van der Waals surface area contributed by atoms with Gasteiger partial charge in [-0.1, -0.05) is 13.8 Å². The third-order valence-electron chi connectivity index (χ3n) is 5.85. The Morgan fingerprint density at radius 1 is 1.03 bits per heavy atom. The second kappa shape index (κ2) is 10.4. The van der Waals surface area contributed by atoms with Crippen LogP contribution in [0.5, 0.6) is 0 Å². The number of hydrogen-bond donors (Lipinski definition) is 1. The Morgan fingerprint density at radius 3 is 2.17 bits per heavy atom. The zero-order chi connectivity index (χ0) is 22.4. The normalized spacial score (nSPS) is 26.4. The highest BCUT2D eigenvalue weighted by Crippen LogP contribution is 2.25. The van der Waals surface area contributed by atoms with Crippen molar-refractivity contribution in [2.24, 2.45) is 11.8 Å². The van der Waals surface area contributed by atoms with Gasteiger partial charge in [0.1, 0.15) is 12.1 Å². The molecule has 166 valence electrons. The molecule has 4 atom stereocenters. The SMILES string of the molecule is CCOC(=O)C1CC(C)CCN1C(=O)C(C)=C=CC(=O)N1CCC(C)CC1C(=O)O. The fourth-order valence-electron chi connectivity index (χ4n) is 4.02. The zero-order valence-electron chi connectivity index (χ0n) is 18.2. The van der Waals surface area contributed by atoms with Gasteiger partial charge in [0, 0.05) is 19.2 Å². The summed E-state index contributed by atoms with van der Waals surface area (Å²) in [5.74, 6) is -1.75. The summed E-state index contributed by atoms with van der Waals surface area (Å²) >= 11 is 0. The van der Waals surface area contributed by atoms with Gasteiger partial charge < -0.3 is 19.6 Å². The molecule has 2 aliphatic rings. The number of piperidine rings is 2. The summed E-state index contributed by atoms with van der Waals surface area (Å²) in [6.45, 7) is 8.30. The van der Waals surface area contributed by atoms with Gasteiger partial charge in [-0.2, -0.15) is 0 Å². The van der Waals surface area contributed by atoms with Crippen LogP contribution in [0.15, 0.2) is 17.4 Å². The summed E-state index contributed by atoms with van der Waals surface area (Å²) in [6, 6.07) is -1.51. The van der Waals surface area contributed by atoms with Crippen LogP contribution in [0, 0.1) is 11.8 Å². The van der Waals surface area contributed by atoms with E-state index in [0.29, 0.717) is 31.8 Å². The third kappa shape index (κ3) is 5.72. The lowest BCUT2D eigenvalue weighted by Crippen LogP contribution is -2.50. The number of likely N-dealkylation sites (tertiary alicyclic amines) is 2. The molecule has 8 heteroatoms. The second-order valence-corrected chi connectivity index (χ2v) is 8.32. The maximum Gasteiger partial charge on any atom is 0.328 e. The highest BCUT2D eigenvalue weighted by atomic mass is 16.5. The molecule has 2 saturated heterocycles. The minimum absolute atomic E-state index is 0.199. The molecule has 0 bridgehead atoms. The summed E-state index contributed by atoms with van der Waals surface area (Å²) in [5.41, 5.74) is 2.91. The van der Waals surface area contributed by atoms with E-state index >= 15 is 0 Å². The van der Waals surface area contributed by atoms with Crippen molar-refractivity contribution in [1.29, 1.82) is 0 Å². The van der Waals surface area contributed by atoms with Crippen LogP contribution in [0.2, 0.25) is 0 Å². The van der Waals surface area contributed by atoms with Crippen molar-refractivity contribution < 1.29 is 29.0 Å². The lowest BCUT2D eigenvalue weighted by atomic mass is 9.92. The van der Waals surface area contributed by atoms with Crippen molar-refractivity contribution in [1.82, 2.24) is 9.80 Å². The van der Waals surface area contributed by atoms with Crippen molar-refractivity contribution in [3.63, 3.8) is 0 Å². The van der Waals surface area contributed by atoms with E-state index in [4.69, 9.17) is 4.74 Å². The number of amides is 2. The first-order valence-electron chi connectivity index (χ1n) is 10.6. The van der Waals surface area contributed by atoms with Crippen LogP contribution < -0.4 is 0 Å². The average Bonchev–Trinajstić information content (AvgIpc) is 2.71. The molecule has 8 nitrogen and oxygen atoms in total. The van der Waals surface area contributed by atoms with Crippen LogP contribution in [0.1, 0.15) is 53.4 Å². The Morgan fingerprint density at radius 2 is 1.60 bits per heavy atom.